The number of fused-ring (bicyclic) bond motifs is 5. The van der Waals surface area contributed by atoms with Crippen molar-refractivity contribution in [3.05, 3.63) is 65.2 Å². The van der Waals surface area contributed by atoms with Gasteiger partial charge in [0, 0.05) is 50.3 Å². The van der Waals surface area contributed by atoms with Crippen molar-refractivity contribution < 1.29 is 22.8 Å². The highest BCUT2D eigenvalue weighted by Crippen LogP contribution is 2.45. The Morgan fingerprint density at radius 3 is 2.24 bits per heavy atom. The van der Waals surface area contributed by atoms with Crippen LogP contribution in [0.15, 0.2) is 48.5 Å². The number of sulfonamides is 1. The Hall–Kier alpha value is -3.24. The molecule has 0 radical (unpaired) electrons. The second-order valence-corrected chi connectivity index (χ2v) is 10.4. The number of piperazine rings is 1. The molecule has 0 aromatic heterocycles. The summed E-state index contributed by atoms with van der Waals surface area (Å²) in [4.78, 5) is 44.4. The van der Waals surface area contributed by atoms with E-state index < -0.39 is 16.2 Å². The van der Waals surface area contributed by atoms with E-state index in [0.29, 0.717) is 29.9 Å². The van der Waals surface area contributed by atoms with E-state index in [-0.39, 0.29) is 43.8 Å². The average Bonchev–Trinajstić information content (AvgIpc) is 3.11. The van der Waals surface area contributed by atoms with Gasteiger partial charge in [-0.1, -0.05) is 30.3 Å². The maximum atomic E-state index is 13.4. The summed E-state index contributed by atoms with van der Waals surface area (Å²) in [6, 6.07) is 14.3. The van der Waals surface area contributed by atoms with Gasteiger partial charge in [-0.15, -0.1) is 0 Å². The van der Waals surface area contributed by atoms with E-state index in [1.807, 2.05) is 12.1 Å². The van der Waals surface area contributed by atoms with Gasteiger partial charge in [0.1, 0.15) is 6.17 Å². The summed E-state index contributed by atoms with van der Waals surface area (Å²) in [7, 11) is -3.28. The molecule has 1 atom stereocenters. The Morgan fingerprint density at radius 2 is 1.55 bits per heavy atom. The minimum atomic E-state index is -3.28. The monoisotopic (exact) mass is 468 g/mol. The molecule has 3 aliphatic rings. The highest BCUT2D eigenvalue weighted by molar-refractivity contribution is 7.88. The Labute approximate surface area is 192 Å². The van der Waals surface area contributed by atoms with Crippen LogP contribution in [0.1, 0.15) is 38.9 Å². The Balaban J connectivity index is 1.38. The molecule has 0 N–H and O–H groups in total. The lowest BCUT2D eigenvalue weighted by atomic mass is 10.0. The van der Waals surface area contributed by atoms with Crippen LogP contribution in [0.2, 0.25) is 0 Å². The highest BCUT2D eigenvalue weighted by atomic mass is 32.2. The van der Waals surface area contributed by atoms with Crippen molar-refractivity contribution in [1.82, 2.24) is 14.1 Å². The zero-order valence-electron chi connectivity index (χ0n) is 18.2. The Kier molecular flexibility index (Phi) is 5.21. The van der Waals surface area contributed by atoms with Gasteiger partial charge in [0.05, 0.1) is 17.5 Å². The molecule has 3 heterocycles. The molecule has 3 aliphatic heterocycles. The van der Waals surface area contributed by atoms with E-state index in [4.69, 9.17) is 0 Å². The molecule has 5 rings (SSSR count). The average molecular weight is 469 g/mol. The Morgan fingerprint density at radius 1 is 0.909 bits per heavy atom. The Bertz CT molecular complexity index is 1250. The van der Waals surface area contributed by atoms with E-state index in [2.05, 4.69) is 0 Å². The molecule has 33 heavy (non-hydrogen) atoms. The van der Waals surface area contributed by atoms with Crippen molar-refractivity contribution in [2.24, 2.45) is 0 Å². The van der Waals surface area contributed by atoms with Crippen molar-refractivity contribution in [3.8, 4) is 0 Å². The number of carbonyl (C=O) groups excluding carboxylic acids is 3. The zero-order valence-corrected chi connectivity index (χ0v) is 19.0. The SMILES string of the molecule is CS(=O)(=O)N1CCN(C(=O)CCN2C(=O)c3ccccc3N3C(=O)c4ccccc4[C@H]23)CC1. The van der Waals surface area contributed by atoms with Crippen LogP contribution in [0.4, 0.5) is 5.69 Å². The topological polar surface area (TPSA) is 98.3 Å². The van der Waals surface area contributed by atoms with Crippen LogP contribution in [0.5, 0.6) is 0 Å². The van der Waals surface area contributed by atoms with Gasteiger partial charge in [0.15, 0.2) is 0 Å². The molecular formula is C23H24N4O5S. The van der Waals surface area contributed by atoms with E-state index in [1.54, 1.807) is 51.1 Å². The lowest BCUT2D eigenvalue weighted by Crippen LogP contribution is -2.52. The fraction of sp³-hybridized carbons (Fsp3) is 0.348. The van der Waals surface area contributed by atoms with Gasteiger partial charge >= 0.3 is 0 Å². The zero-order chi connectivity index (χ0) is 23.3. The number of hydrogen-bond acceptors (Lipinski definition) is 5. The summed E-state index contributed by atoms with van der Waals surface area (Å²) in [5.74, 6) is -0.520. The van der Waals surface area contributed by atoms with Crippen LogP contribution in [0.25, 0.3) is 0 Å². The fourth-order valence-electron chi connectivity index (χ4n) is 4.84. The number of amides is 3. The van der Waals surface area contributed by atoms with Gasteiger partial charge < -0.3 is 9.80 Å². The van der Waals surface area contributed by atoms with E-state index in [0.717, 1.165) is 11.8 Å². The van der Waals surface area contributed by atoms with Crippen molar-refractivity contribution >= 4 is 33.4 Å². The first-order chi connectivity index (χ1) is 15.8. The van der Waals surface area contributed by atoms with E-state index in [1.165, 1.54) is 4.31 Å². The van der Waals surface area contributed by atoms with Crippen molar-refractivity contribution in [2.75, 3.05) is 43.9 Å². The number of para-hydroxylation sites is 1. The molecule has 2 aromatic rings. The summed E-state index contributed by atoms with van der Waals surface area (Å²) in [6.45, 7) is 1.32. The largest absolute Gasteiger partial charge is 0.340 e. The van der Waals surface area contributed by atoms with Gasteiger partial charge in [0.2, 0.25) is 15.9 Å². The molecule has 0 aliphatic carbocycles. The predicted molar refractivity (Wildman–Crippen MR) is 121 cm³/mol. The predicted octanol–water partition coefficient (Wildman–Crippen LogP) is 1.30. The minimum absolute atomic E-state index is 0.0908. The molecule has 0 unspecified atom stereocenters. The number of hydrogen-bond donors (Lipinski definition) is 0. The number of nitrogens with zero attached hydrogens (tertiary/aromatic N) is 4. The van der Waals surface area contributed by atoms with Gasteiger partial charge in [-0.25, -0.2) is 8.42 Å². The van der Waals surface area contributed by atoms with Crippen molar-refractivity contribution in [2.45, 2.75) is 12.6 Å². The lowest BCUT2D eigenvalue weighted by molar-refractivity contribution is -0.132. The first-order valence-corrected chi connectivity index (χ1v) is 12.7. The van der Waals surface area contributed by atoms with Crippen molar-refractivity contribution in [3.63, 3.8) is 0 Å². The standard InChI is InChI=1S/C23H24N4O5S/c1-33(31,32)25-14-12-24(13-15-25)20(28)10-11-26-21-16-6-2-3-7-17(16)23(30)27(21)19-9-5-4-8-18(19)22(26)29/h2-9,21H,10-15H2,1H3/t21-/m1/s1. The van der Waals surface area contributed by atoms with Crippen molar-refractivity contribution in [1.29, 1.82) is 0 Å². The third-order valence-corrected chi connectivity index (χ3v) is 7.81. The third kappa shape index (κ3) is 3.59. The van der Waals surface area contributed by atoms with Crippen LogP contribution in [-0.2, 0) is 14.8 Å². The number of rotatable bonds is 4. The van der Waals surface area contributed by atoms with Crippen LogP contribution >= 0.6 is 0 Å². The summed E-state index contributed by atoms with van der Waals surface area (Å²) in [5.41, 5.74) is 2.32. The summed E-state index contributed by atoms with van der Waals surface area (Å²) in [6.07, 6.45) is 0.663. The maximum absolute atomic E-state index is 13.4. The van der Waals surface area contributed by atoms with Crippen LogP contribution in [0, 0.1) is 0 Å². The second-order valence-electron chi connectivity index (χ2n) is 8.44. The molecule has 0 spiro atoms. The molecule has 1 saturated heterocycles. The fourth-order valence-corrected chi connectivity index (χ4v) is 5.67. The summed E-state index contributed by atoms with van der Waals surface area (Å²) < 4.78 is 24.8. The molecule has 0 saturated carbocycles. The normalized spacial score (nSPS) is 20.5. The van der Waals surface area contributed by atoms with Gasteiger partial charge in [0.25, 0.3) is 11.8 Å². The smallest absolute Gasteiger partial charge is 0.260 e. The molecule has 1 fully saturated rings. The number of benzene rings is 2. The molecule has 2 aromatic carbocycles. The molecule has 3 amide bonds. The summed E-state index contributed by atoms with van der Waals surface area (Å²) in [5, 5.41) is 0. The summed E-state index contributed by atoms with van der Waals surface area (Å²) >= 11 is 0. The first kappa shape index (κ1) is 21.6. The lowest BCUT2D eigenvalue weighted by Gasteiger charge is -2.41. The molecule has 172 valence electrons. The molecule has 10 heteroatoms. The second kappa shape index (κ2) is 7.96. The molecule has 0 bridgehead atoms. The van der Waals surface area contributed by atoms with Gasteiger partial charge in [-0.3, -0.25) is 19.3 Å². The first-order valence-electron chi connectivity index (χ1n) is 10.8. The quantitative estimate of drug-likeness (QED) is 0.674. The van der Waals surface area contributed by atoms with Crippen LogP contribution in [0.3, 0.4) is 0 Å². The van der Waals surface area contributed by atoms with Crippen LogP contribution < -0.4 is 4.90 Å². The van der Waals surface area contributed by atoms with Gasteiger partial charge in [-0.2, -0.15) is 4.31 Å². The van der Waals surface area contributed by atoms with E-state index in [9.17, 15) is 22.8 Å². The van der Waals surface area contributed by atoms with Crippen LogP contribution in [-0.4, -0.2) is 79.2 Å². The highest BCUT2D eigenvalue weighted by Gasteiger charge is 2.47. The molecule has 9 nitrogen and oxygen atoms in total. The molecular weight excluding hydrogens is 444 g/mol. The van der Waals surface area contributed by atoms with E-state index >= 15 is 0 Å². The number of carbonyl (C=O) groups is 3. The number of anilines is 1. The maximum Gasteiger partial charge on any atom is 0.260 e. The third-order valence-electron chi connectivity index (χ3n) is 6.51. The van der Waals surface area contributed by atoms with Gasteiger partial charge in [-0.05, 0) is 18.2 Å². The minimum Gasteiger partial charge on any atom is -0.340 e.